The smallest absolute Gasteiger partial charge is 0.254 e. The fraction of sp³-hybridized carbons (Fsp3) is 0.130. The first-order chi connectivity index (χ1) is 14.4. The van der Waals surface area contributed by atoms with E-state index in [9.17, 15) is 19.1 Å². The van der Waals surface area contributed by atoms with Crippen LogP contribution in [0.25, 0.3) is 0 Å². The summed E-state index contributed by atoms with van der Waals surface area (Å²) in [5, 5.41) is 10.9. The molecule has 152 valence electrons. The molecule has 2 atom stereocenters. The number of hydrogen-bond acceptors (Lipinski definition) is 4. The predicted molar refractivity (Wildman–Crippen MR) is 107 cm³/mol. The number of ether oxygens (including phenoxy) is 1. The molecule has 7 heteroatoms. The Morgan fingerprint density at radius 2 is 1.67 bits per heavy atom. The highest BCUT2D eigenvalue weighted by molar-refractivity contribution is 5.95. The Morgan fingerprint density at radius 1 is 1.00 bits per heavy atom. The van der Waals surface area contributed by atoms with Crippen molar-refractivity contribution in [3.63, 3.8) is 0 Å². The molecule has 1 aliphatic rings. The lowest BCUT2D eigenvalue weighted by Gasteiger charge is -2.32. The summed E-state index contributed by atoms with van der Waals surface area (Å²) in [7, 11) is 0. The van der Waals surface area contributed by atoms with E-state index < -0.39 is 30.0 Å². The quantitative estimate of drug-likeness (QED) is 0.699. The first-order valence-electron chi connectivity index (χ1n) is 9.33. The number of aliphatic hydroxyl groups excluding tert-OH is 1. The summed E-state index contributed by atoms with van der Waals surface area (Å²) in [5.74, 6) is -1.19. The fourth-order valence-corrected chi connectivity index (χ4v) is 3.53. The Morgan fingerprint density at radius 3 is 2.33 bits per heavy atom. The average Bonchev–Trinajstić information content (AvgIpc) is 2.89. The Balaban J connectivity index is 1.80. The lowest BCUT2D eigenvalue weighted by molar-refractivity contribution is -0.0700. The molecule has 2 amide bonds. The van der Waals surface area contributed by atoms with Crippen molar-refractivity contribution in [2.45, 2.75) is 18.9 Å². The number of carbonyl (C=O) groups is 2. The maximum Gasteiger partial charge on any atom is 0.254 e. The molecule has 0 saturated heterocycles. The molecule has 30 heavy (non-hydrogen) atoms. The minimum atomic E-state index is -1.40. The molecule has 3 aromatic rings. The number of benzene rings is 3. The third-order valence-corrected chi connectivity index (χ3v) is 5.04. The van der Waals surface area contributed by atoms with E-state index in [4.69, 9.17) is 10.5 Å². The van der Waals surface area contributed by atoms with Crippen molar-refractivity contribution in [3.05, 3.63) is 101 Å². The maximum absolute atomic E-state index is 13.3. The molecule has 1 aliphatic heterocycles. The molecule has 4 rings (SSSR count). The summed E-state index contributed by atoms with van der Waals surface area (Å²) in [4.78, 5) is 26.4. The van der Waals surface area contributed by atoms with Gasteiger partial charge in [-0.1, -0.05) is 36.4 Å². The van der Waals surface area contributed by atoms with Crippen LogP contribution in [0.4, 0.5) is 4.39 Å². The molecule has 0 spiro atoms. The number of amides is 2. The summed E-state index contributed by atoms with van der Waals surface area (Å²) in [5.41, 5.74) is 7.14. The molecule has 3 N–H and O–H groups in total. The van der Waals surface area contributed by atoms with Gasteiger partial charge in [-0.2, -0.15) is 0 Å². The third kappa shape index (κ3) is 3.75. The predicted octanol–water partition coefficient (Wildman–Crippen LogP) is 3.02. The van der Waals surface area contributed by atoms with E-state index in [1.165, 1.54) is 35.2 Å². The Hall–Kier alpha value is -3.71. The fourth-order valence-electron chi connectivity index (χ4n) is 3.53. The van der Waals surface area contributed by atoms with E-state index >= 15 is 0 Å². The van der Waals surface area contributed by atoms with E-state index in [0.717, 1.165) is 0 Å². The van der Waals surface area contributed by atoms with Gasteiger partial charge >= 0.3 is 0 Å². The van der Waals surface area contributed by atoms with Crippen LogP contribution < -0.4 is 10.5 Å². The monoisotopic (exact) mass is 406 g/mol. The van der Waals surface area contributed by atoms with Gasteiger partial charge in [0.1, 0.15) is 17.6 Å². The number of nitrogens with two attached hydrogens (primary N) is 1. The Labute approximate surface area is 172 Å². The van der Waals surface area contributed by atoms with Crippen molar-refractivity contribution in [2.75, 3.05) is 0 Å². The normalized spacial score (nSPS) is 18.1. The Bertz CT molecular complexity index is 1090. The highest BCUT2D eigenvalue weighted by atomic mass is 19.1. The SMILES string of the molecule is NC(=O)c1ccc2c(c1)O[C@H](O)[C@H](c1ccccc1)N(C(=O)c1ccc(F)cc1)C2. The van der Waals surface area contributed by atoms with Crippen molar-refractivity contribution >= 4 is 11.8 Å². The number of carbonyl (C=O) groups excluding carboxylic acids is 2. The summed E-state index contributed by atoms with van der Waals surface area (Å²) >= 11 is 0. The standard InChI is InChI=1S/C23H19FN2O4/c24-18-10-8-15(9-11-18)22(28)26-13-17-7-6-16(21(25)27)12-19(17)30-23(29)20(26)14-4-2-1-3-5-14/h1-12,20,23,29H,13H2,(H2,25,27)/t20-,23-/m0/s1. The molecule has 0 aliphatic carbocycles. The minimum absolute atomic E-state index is 0.112. The van der Waals surface area contributed by atoms with Crippen LogP contribution in [0, 0.1) is 5.82 Å². The molecule has 0 saturated carbocycles. The van der Waals surface area contributed by atoms with Crippen LogP contribution in [0.3, 0.4) is 0 Å². The number of hydrogen-bond donors (Lipinski definition) is 2. The molecule has 0 aromatic heterocycles. The van der Waals surface area contributed by atoms with Crippen LogP contribution in [0.1, 0.15) is 37.9 Å². The van der Waals surface area contributed by atoms with Crippen LogP contribution in [-0.4, -0.2) is 28.1 Å². The van der Waals surface area contributed by atoms with Crippen LogP contribution in [0.5, 0.6) is 5.75 Å². The zero-order valence-electron chi connectivity index (χ0n) is 15.9. The summed E-state index contributed by atoms with van der Waals surface area (Å²) in [6, 6.07) is 18.0. The lowest BCUT2D eigenvalue weighted by Crippen LogP contribution is -2.40. The van der Waals surface area contributed by atoms with Gasteiger partial charge in [0.05, 0.1) is 6.54 Å². The van der Waals surface area contributed by atoms with Crippen LogP contribution in [-0.2, 0) is 6.54 Å². The molecular weight excluding hydrogens is 387 g/mol. The number of primary amides is 1. The molecule has 0 radical (unpaired) electrons. The van der Waals surface area contributed by atoms with Crippen molar-refractivity contribution in [1.29, 1.82) is 0 Å². The van der Waals surface area contributed by atoms with Crippen molar-refractivity contribution in [3.8, 4) is 5.75 Å². The summed E-state index contributed by atoms with van der Waals surface area (Å²) < 4.78 is 19.1. The average molecular weight is 406 g/mol. The van der Waals surface area contributed by atoms with E-state index in [1.807, 2.05) is 6.07 Å². The third-order valence-electron chi connectivity index (χ3n) is 5.04. The van der Waals surface area contributed by atoms with Gasteiger partial charge in [0.2, 0.25) is 12.2 Å². The van der Waals surface area contributed by atoms with Gasteiger partial charge in [-0.05, 0) is 42.0 Å². The van der Waals surface area contributed by atoms with E-state index in [2.05, 4.69) is 0 Å². The van der Waals surface area contributed by atoms with Crippen LogP contribution in [0.2, 0.25) is 0 Å². The molecule has 0 bridgehead atoms. The minimum Gasteiger partial charge on any atom is -0.462 e. The zero-order chi connectivity index (χ0) is 21.3. The topological polar surface area (TPSA) is 92.9 Å². The molecule has 0 fully saturated rings. The van der Waals surface area contributed by atoms with Gasteiger partial charge in [0, 0.05) is 16.7 Å². The second-order valence-electron chi connectivity index (χ2n) is 6.99. The molecule has 1 heterocycles. The van der Waals surface area contributed by atoms with E-state index in [-0.39, 0.29) is 23.4 Å². The van der Waals surface area contributed by atoms with Gasteiger partial charge in [-0.25, -0.2) is 4.39 Å². The van der Waals surface area contributed by atoms with Crippen molar-refractivity contribution in [1.82, 2.24) is 4.90 Å². The van der Waals surface area contributed by atoms with Gasteiger partial charge < -0.3 is 20.5 Å². The lowest BCUT2D eigenvalue weighted by atomic mass is 10.0. The van der Waals surface area contributed by atoms with Gasteiger partial charge in [0.15, 0.2) is 0 Å². The number of nitrogens with zero attached hydrogens (tertiary/aromatic N) is 1. The van der Waals surface area contributed by atoms with E-state index in [1.54, 1.807) is 36.4 Å². The van der Waals surface area contributed by atoms with Gasteiger partial charge in [-0.15, -0.1) is 0 Å². The zero-order valence-corrected chi connectivity index (χ0v) is 15.9. The number of aliphatic hydroxyl groups is 1. The molecular formula is C23H19FN2O4. The second-order valence-corrected chi connectivity index (χ2v) is 6.99. The largest absolute Gasteiger partial charge is 0.462 e. The number of rotatable bonds is 3. The van der Waals surface area contributed by atoms with Gasteiger partial charge in [-0.3, -0.25) is 9.59 Å². The number of fused-ring (bicyclic) bond motifs is 1. The maximum atomic E-state index is 13.3. The molecule has 6 nitrogen and oxygen atoms in total. The molecule has 3 aromatic carbocycles. The Kier molecular flexibility index (Phi) is 5.20. The van der Waals surface area contributed by atoms with Crippen molar-refractivity contribution in [2.24, 2.45) is 5.73 Å². The van der Waals surface area contributed by atoms with Gasteiger partial charge in [0.25, 0.3) is 5.91 Å². The summed E-state index contributed by atoms with van der Waals surface area (Å²) in [6.45, 7) is 0.112. The van der Waals surface area contributed by atoms with Crippen molar-refractivity contribution < 1.29 is 23.8 Å². The molecule has 0 unspecified atom stereocenters. The van der Waals surface area contributed by atoms with Crippen LogP contribution >= 0.6 is 0 Å². The first-order valence-corrected chi connectivity index (χ1v) is 9.33. The number of halogens is 1. The van der Waals surface area contributed by atoms with E-state index in [0.29, 0.717) is 11.1 Å². The van der Waals surface area contributed by atoms with Crippen LogP contribution in [0.15, 0.2) is 72.8 Å². The second kappa shape index (κ2) is 7.96. The highest BCUT2D eigenvalue weighted by Gasteiger charge is 2.36. The first kappa shape index (κ1) is 19.6. The summed E-state index contributed by atoms with van der Waals surface area (Å²) in [6.07, 6.45) is -1.40. The highest BCUT2D eigenvalue weighted by Crippen LogP contribution is 2.36.